The van der Waals surface area contributed by atoms with Gasteiger partial charge in [-0.2, -0.15) is 0 Å². The molecule has 29 heavy (non-hydrogen) atoms. The minimum absolute atomic E-state index is 0.0714. The Morgan fingerprint density at radius 2 is 1.86 bits per heavy atom. The van der Waals surface area contributed by atoms with Gasteiger partial charge in [-0.05, 0) is 30.2 Å². The smallest absolute Gasteiger partial charge is 0.264 e. The summed E-state index contributed by atoms with van der Waals surface area (Å²) in [6, 6.07) is 10.9. The van der Waals surface area contributed by atoms with E-state index in [9.17, 15) is 24.0 Å². The van der Waals surface area contributed by atoms with E-state index >= 15 is 0 Å². The molecule has 2 heterocycles. The number of nitrogens with zero attached hydrogens (tertiary/aromatic N) is 1. The molecule has 2 N–H and O–H groups in total. The van der Waals surface area contributed by atoms with E-state index in [1.807, 2.05) is 6.07 Å². The highest BCUT2D eigenvalue weighted by Gasteiger charge is 2.45. The van der Waals surface area contributed by atoms with Crippen LogP contribution in [0.4, 0.5) is 5.69 Å². The van der Waals surface area contributed by atoms with Crippen LogP contribution in [-0.2, 0) is 16.1 Å². The largest absolute Gasteiger partial charge is 0.380 e. The zero-order chi connectivity index (χ0) is 20.5. The second-order valence-corrected chi connectivity index (χ2v) is 6.89. The average Bonchev–Trinajstić information content (AvgIpc) is 2.98. The van der Waals surface area contributed by atoms with Crippen molar-refractivity contribution in [2.75, 3.05) is 5.32 Å². The Morgan fingerprint density at radius 1 is 1.07 bits per heavy atom. The molecule has 0 saturated carbocycles. The van der Waals surface area contributed by atoms with Crippen molar-refractivity contribution in [1.29, 1.82) is 0 Å². The predicted octanol–water partition coefficient (Wildman–Crippen LogP) is 1.51. The van der Waals surface area contributed by atoms with E-state index < -0.39 is 29.7 Å². The van der Waals surface area contributed by atoms with Crippen LogP contribution in [0.3, 0.4) is 0 Å². The van der Waals surface area contributed by atoms with Crippen LogP contribution < -0.4 is 10.6 Å². The summed E-state index contributed by atoms with van der Waals surface area (Å²) < 4.78 is 0. The van der Waals surface area contributed by atoms with Gasteiger partial charge in [-0.15, -0.1) is 0 Å². The molecule has 4 rings (SSSR count). The molecular weight excluding hydrogens is 374 g/mol. The van der Waals surface area contributed by atoms with Crippen LogP contribution in [0.15, 0.2) is 42.5 Å². The lowest BCUT2D eigenvalue weighted by Crippen LogP contribution is -2.54. The number of amides is 4. The highest BCUT2D eigenvalue weighted by atomic mass is 16.2. The van der Waals surface area contributed by atoms with Crippen molar-refractivity contribution in [3.63, 3.8) is 0 Å². The summed E-state index contributed by atoms with van der Waals surface area (Å²) in [6.45, 7) is 0.345. The summed E-state index contributed by atoms with van der Waals surface area (Å²) in [5.41, 5.74) is 2.26. The Kier molecular flexibility index (Phi) is 4.67. The lowest BCUT2D eigenvalue weighted by molar-refractivity contribution is -0.136. The number of piperidine rings is 1. The third-order valence-electron chi connectivity index (χ3n) is 5.04. The lowest BCUT2D eigenvalue weighted by atomic mass is 10.0. The van der Waals surface area contributed by atoms with E-state index in [1.54, 1.807) is 36.4 Å². The van der Waals surface area contributed by atoms with Crippen molar-refractivity contribution in [3.05, 3.63) is 64.7 Å². The third kappa shape index (κ3) is 3.29. The number of carbonyl (C=O) groups excluding carboxylic acids is 5. The number of benzene rings is 2. The van der Waals surface area contributed by atoms with Gasteiger partial charge in [0, 0.05) is 24.2 Å². The number of rotatable bonds is 5. The first-order valence-electron chi connectivity index (χ1n) is 9.12. The third-order valence-corrected chi connectivity index (χ3v) is 5.04. The van der Waals surface area contributed by atoms with Gasteiger partial charge < -0.3 is 5.32 Å². The normalized spacial score (nSPS) is 18.5. The number of fused-ring (bicyclic) bond motifs is 1. The van der Waals surface area contributed by atoms with Crippen LogP contribution in [-0.4, -0.2) is 40.9 Å². The van der Waals surface area contributed by atoms with Gasteiger partial charge in [0.2, 0.25) is 11.8 Å². The van der Waals surface area contributed by atoms with E-state index in [0.29, 0.717) is 17.8 Å². The number of anilines is 1. The van der Waals surface area contributed by atoms with Crippen LogP contribution in [0.25, 0.3) is 0 Å². The number of nitrogens with one attached hydrogen (secondary N) is 2. The Hall–Kier alpha value is -3.81. The Labute approximate surface area is 165 Å². The summed E-state index contributed by atoms with van der Waals surface area (Å²) in [6.07, 6.45) is 0.934. The first kappa shape index (κ1) is 18.5. The Morgan fingerprint density at radius 3 is 2.62 bits per heavy atom. The number of aldehydes is 1. The second kappa shape index (κ2) is 7.31. The SMILES string of the molecule is O=Cc1cccc(CNc2cccc3c2C(=O)N(C2CCC(=O)NC2=O)C3=O)c1. The van der Waals surface area contributed by atoms with Gasteiger partial charge in [0.05, 0.1) is 11.1 Å². The topological polar surface area (TPSA) is 113 Å². The fraction of sp³-hybridized carbons (Fsp3) is 0.190. The fourth-order valence-corrected chi connectivity index (χ4v) is 3.64. The lowest BCUT2D eigenvalue weighted by Gasteiger charge is -2.27. The molecule has 0 spiro atoms. The summed E-state index contributed by atoms with van der Waals surface area (Å²) in [5.74, 6) is -2.17. The van der Waals surface area contributed by atoms with E-state index in [2.05, 4.69) is 10.6 Å². The average molecular weight is 391 g/mol. The maximum Gasteiger partial charge on any atom is 0.264 e. The van der Waals surface area contributed by atoms with E-state index in [0.717, 1.165) is 16.7 Å². The minimum atomic E-state index is -1.00. The maximum atomic E-state index is 13.0. The van der Waals surface area contributed by atoms with Gasteiger partial charge in [-0.3, -0.25) is 34.2 Å². The number of hydrogen-bond acceptors (Lipinski definition) is 6. The van der Waals surface area contributed by atoms with E-state index in [-0.39, 0.29) is 24.0 Å². The molecule has 0 bridgehead atoms. The van der Waals surface area contributed by atoms with Crippen LogP contribution in [0.5, 0.6) is 0 Å². The minimum Gasteiger partial charge on any atom is -0.380 e. The van der Waals surface area contributed by atoms with Gasteiger partial charge in [-0.25, -0.2) is 0 Å². The van der Waals surface area contributed by atoms with E-state index in [4.69, 9.17) is 0 Å². The van der Waals surface area contributed by atoms with Gasteiger partial charge >= 0.3 is 0 Å². The molecule has 2 aromatic rings. The van der Waals surface area contributed by atoms with Crippen molar-refractivity contribution in [2.45, 2.75) is 25.4 Å². The summed E-state index contributed by atoms with van der Waals surface area (Å²) >= 11 is 0. The molecule has 4 amide bonds. The summed E-state index contributed by atoms with van der Waals surface area (Å²) in [4.78, 5) is 61.3. The van der Waals surface area contributed by atoms with Crippen LogP contribution in [0, 0.1) is 0 Å². The highest BCUT2D eigenvalue weighted by Crippen LogP contribution is 2.32. The first-order valence-corrected chi connectivity index (χ1v) is 9.12. The second-order valence-electron chi connectivity index (χ2n) is 6.89. The number of carbonyl (C=O) groups is 5. The molecule has 0 aliphatic carbocycles. The molecule has 1 unspecified atom stereocenters. The van der Waals surface area contributed by atoms with Crippen molar-refractivity contribution in [3.8, 4) is 0 Å². The van der Waals surface area contributed by atoms with E-state index in [1.165, 1.54) is 0 Å². The fourth-order valence-electron chi connectivity index (χ4n) is 3.64. The van der Waals surface area contributed by atoms with Crippen molar-refractivity contribution in [1.82, 2.24) is 10.2 Å². The Balaban J connectivity index is 1.60. The molecule has 0 radical (unpaired) electrons. The molecule has 0 aromatic heterocycles. The molecular formula is C21H17N3O5. The highest BCUT2D eigenvalue weighted by molar-refractivity contribution is 6.25. The monoisotopic (exact) mass is 391 g/mol. The maximum absolute atomic E-state index is 13.0. The predicted molar refractivity (Wildman–Crippen MR) is 102 cm³/mol. The van der Waals surface area contributed by atoms with Gasteiger partial charge in [0.1, 0.15) is 12.3 Å². The standard InChI is InChI=1S/C21H17N3O5/c25-11-13-4-1-3-12(9-13)10-22-15-6-2-5-14-18(15)21(29)24(20(14)28)16-7-8-17(26)23-19(16)27/h1-6,9,11,16,22H,7-8,10H2,(H,23,26,27). The van der Waals surface area contributed by atoms with Gasteiger partial charge in [0.15, 0.2) is 0 Å². The Bertz CT molecular complexity index is 1060. The van der Waals surface area contributed by atoms with Crippen LogP contribution in [0.2, 0.25) is 0 Å². The molecule has 8 nitrogen and oxygen atoms in total. The molecule has 1 atom stereocenters. The summed E-state index contributed by atoms with van der Waals surface area (Å²) in [5, 5.41) is 5.31. The molecule has 2 aliphatic heterocycles. The number of hydrogen-bond donors (Lipinski definition) is 2. The van der Waals surface area contributed by atoms with Crippen molar-refractivity contribution < 1.29 is 24.0 Å². The molecule has 2 aliphatic rings. The zero-order valence-corrected chi connectivity index (χ0v) is 15.3. The van der Waals surface area contributed by atoms with Gasteiger partial charge in [0.25, 0.3) is 11.8 Å². The van der Waals surface area contributed by atoms with Crippen molar-refractivity contribution in [2.24, 2.45) is 0 Å². The van der Waals surface area contributed by atoms with Crippen LogP contribution >= 0.6 is 0 Å². The molecule has 1 fully saturated rings. The first-order chi connectivity index (χ1) is 14.0. The quantitative estimate of drug-likeness (QED) is 0.590. The van der Waals surface area contributed by atoms with Crippen molar-refractivity contribution >= 4 is 35.6 Å². The molecule has 8 heteroatoms. The molecule has 2 aromatic carbocycles. The van der Waals surface area contributed by atoms with Crippen LogP contribution in [0.1, 0.15) is 49.5 Å². The summed E-state index contributed by atoms with van der Waals surface area (Å²) in [7, 11) is 0. The van der Waals surface area contributed by atoms with Gasteiger partial charge in [-0.1, -0.05) is 24.3 Å². The molecule has 1 saturated heterocycles. The molecule has 146 valence electrons. The zero-order valence-electron chi connectivity index (χ0n) is 15.3. The number of imide groups is 2.